The van der Waals surface area contributed by atoms with Crippen molar-refractivity contribution in [3.8, 4) is 0 Å². The molecule has 0 aromatic rings. The molecule has 0 aliphatic carbocycles. The van der Waals surface area contributed by atoms with Gasteiger partial charge in [-0.05, 0) is 6.92 Å². The highest BCUT2D eigenvalue weighted by Crippen LogP contribution is 2.01. The van der Waals surface area contributed by atoms with Crippen LogP contribution < -0.4 is 5.32 Å². The molecule has 0 rings (SSSR count). The fraction of sp³-hybridized carbons (Fsp3) is 0.800. The molecule has 0 bridgehead atoms. The lowest BCUT2D eigenvalue weighted by Crippen LogP contribution is -2.38. The smallest absolute Gasteiger partial charge is 0.267 e. The van der Waals surface area contributed by atoms with Gasteiger partial charge in [0.25, 0.3) is 0 Å². The maximum Gasteiger partial charge on any atom is 0.343 e. The number of nitrogens with zero attached hydrogens (tertiary/aromatic N) is 2. The SMILES string of the molecule is CCN(C(=O)[N]C)C(F)F. The Hall–Kier alpha value is -0.870. The van der Waals surface area contributed by atoms with Gasteiger partial charge in [0.05, 0.1) is 0 Å². The lowest BCUT2D eigenvalue weighted by Gasteiger charge is -2.16. The van der Waals surface area contributed by atoms with Crippen LogP contribution in [0.5, 0.6) is 0 Å². The minimum absolute atomic E-state index is 0.0200. The largest absolute Gasteiger partial charge is 0.343 e. The summed E-state index contributed by atoms with van der Waals surface area (Å²) in [5, 5.41) is 3.09. The van der Waals surface area contributed by atoms with Gasteiger partial charge in [-0.25, -0.2) is 10.1 Å². The third-order valence-corrected chi connectivity index (χ3v) is 1.01. The van der Waals surface area contributed by atoms with Crippen LogP contribution in [0.25, 0.3) is 0 Å². The summed E-state index contributed by atoms with van der Waals surface area (Å²) in [4.78, 5) is 10.8. The van der Waals surface area contributed by atoms with E-state index in [1.807, 2.05) is 0 Å². The van der Waals surface area contributed by atoms with E-state index in [1.54, 1.807) is 0 Å². The molecule has 0 spiro atoms. The zero-order chi connectivity index (χ0) is 8.15. The summed E-state index contributed by atoms with van der Waals surface area (Å²) < 4.78 is 23.6. The summed E-state index contributed by atoms with van der Waals surface area (Å²) in [5.74, 6) is 0. The normalized spacial score (nSPS) is 9.70. The van der Waals surface area contributed by atoms with Gasteiger partial charge in [0, 0.05) is 13.6 Å². The molecular formula is C5H9F2N2O. The Bertz CT molecular complexity index is 118. The zero-order valence-corrected chi connectivity index (χ0v) is 5.84. The second-order valence-electron chi connectivity index (χ2n) is 1.57. The Labute approximate surface area is 58.0 Å². The van der Waals surface area contributed by atoms with E-state index in [-0.39, 0.29) is 6.54 Å². The highest BCUT2D eigenvalue weighted by molar-refractivity contribution is 5.73. The number of carbonyl (C=O) groups excluding carboxylic acids is 1. The molecule has 1 radical (unpaired) electrons. The Morgan fingerprint density at radius 2 is 2.20 bits per heavy atom. The van der Waals surface area contributed by atoms with Crippen molar-refractivity contribution in [3.05, 3.63) is 0 Å². The Morgan fingerprint density at radius 3 is 2.30 bits per heavy atom. The fourth-order valence-corrected chi connectivity index (χ4v) is 0.485. The van der Waals surface area contributed by atoms with Gasteiger partial charge in [-0.15, -0.1) is 0 Å². The first-order chi connectivity index (χ1) is 4.63. The topological polar surface area (TPSA) is 34.4 Å². The number of halogens is 2. The lowest BCUT2D eigenvalue weighted by atomic mass is 10.6. The molecule has 10 heavy (non-hydrogen) atoms. The fourth-order valence-electron chi connectivity index (χ4n) is 0.485. The average molecular weight is 151 g/mol. The molecular weight excluding hydrogens is 142 g/mol. The third kappa shape index (κ3) is 2.16. The van der Waals surface area contributed by atoms with Crippen molar-refractivity contribution >= 4 is 6.03 Å². The van der Waals surface area contributed by atoms with Crippen molar-refractivity contribution in [1.82, 2.24) is 10.2 Å². The first kappa shape index (κ1) is 9.13. The minimum Gasteiger partial charge on any atom is -0.267 e. The van der Waals surface area contributed by atoms with Gasteiger partial charge in [-0.1, -0.05) is 0 Å². The second-order valence-corrected chi connectivity index (χ2v) is 1.57. The highest BCUT2D eigenvalue weighted by atomic mass is 19.3. The average Bonchev–Trinajstić information content (AvgIpc) is 1.88. The van der Waals surface area contributed by atoms with Crippen LogP contribution in [0.1, 0.15) is 6.92 Å². The van der Waals surface area contributed by atoms with E-state index in [1.165, 1.54) is 14.0 Å². The zero-order valence-electron chi connectivity index (χ0n) is 5.84. The van der Waals surface area contributed by atoms with Gasteiger partial charge < -0.3 is 0 Å². The van der Waals surface area contributed by atoms with Gasteiger partial charge >= 0.3 is 12.6 Å². The Morgan fingerprint density at radius 1 is 1.70 bits per heavy atom. The van der Waals surface area contributed by atoms with E-state index in [2.05, 4.69) is 5.32 Å². The van der Waals surface area contributed by atoms with E-state index in [9.17, 15) is 13.6 Å². The van der Waals surface area contributed by atoms with Crippen molar-refractivity contribution in [2.75, 3.05) is 13.6 Å². The standard InChI is InChI=1S/C5H9F2N2O/c1-3-9(4(6)7)5(10)8-2/h4H,3H2,1-2H3. The molecule has 0 aromatic heterocycles. The molecule has 0 aliphatic heterocycles. The predicted molar refractivity (Wildman–Crippen MR) is 31.8 cm³/mol. The number of carbonyl (C=O) groups is 1. The highest BCUT2D eigenvalue weighted by Gasteiger charge is 2.19. The number of rotatable bonds is 2. The quantitative estimate of drug-likeness (QED) is 0.539. The molecule has 3 nitrogen and oxygen atoms in total. The molecule has 0 fully saturated rings. The number of alkyl halides is 2. The first-order valence-corrected chi connectivity index (χ1v) is 2.82. The van der Waals surface area contributed by atoms with Crippen molar-refractivity contribution in [2.45, 2.75) is 13.5 Å². The molecule has 0 aromatic carbocycles. The van der Waals surface area contributed by atoms with E-state index < -0.39 is 12.6 Å². The maximum absolute atomic E-state index is 11.8. The van der Waals surface area contributed by atoms with Gasteiger partial charge in [0.1, 0.15) is 0 Å². The van der Waals surface area contributed by atoms with Gasteiger partial charge in [0.2, 0.25) is 0 Å². The molecule has 0 N–H and O–H groups in total. The van der Waals surface area contributed by atoms with Crippen molar-refractivity contribution in [3.63, 3.8) is 0 Å². The molecule has 0 heterocycles. The number of amides is 2. The Balaban J connectivity index is 3.93. The first-order valence-electron chi connectivity index (χ1n) is 2.82. The molecule has 0 saturated carbocycles. The molecule has 0 atom stereocenters. The van der Waals surface area contributed by atoms with Crippen LogP contribution in [-0.4, -0.2) is 31.1 Å². The Kier molecular flexibility index (Phi) is 3.68. The van der Waals surface area contributed by atoms with Crippen LogP contribution in [0.3, 0.4) is 0 Å². The molecule has 59 valence electrons. The maximum atomic E-state index is 11.8. The van der Waals surface area contributed by atoms with Gasteiger partial charge in [-0.3, -0.25) is 4.90 Å². The van der Waals surface area contributed by atoms with Crippen LogP contribution in [0.2, 0.25) is 0 Å². The second kappa shape index (κ2) is 4.03. The molecule has 0 unspecified atom stereocenters. The summed E-state index contributed by atoms with van der Waals surface area (Å²) in [6.07, 6.45) is 0. The monoisotopic (exact) mass is 151 g/mol. The molecule has 2 amide bonds. The molecule has 0 aliphatic rings. The van der Waals surface area contributed by atoms with Crippen LogP contribution in [0.4, 0.5) is 13.6 Å². The van der Waals surface area contributed by atoms with Crippen molar-refractivity contribution in [1.29, 1.82) is 0 Å². The summed E-state index contributed by atoms with van der Waals surface area (Å²) in [7, 11) is 1.19. The summed E-state index contributed by atoms with van der Waals surface area (Å²) in [6, 6.07) is -0.877. The summed E-state index contributed by atoms with van der Waals surface area (Å²) >= 11 is 0. The van der Waals surface area contributed by atoms with Gasteiger partial charge in [0.15, 0.2) is 0 Å². The van der Waals surface area contributed by atoms with E-state index >= 15 is 0 Å². The third-order valence-electron chi connectivity index (χ3n) is 1.01. The number of hydrogen-bond acceptors (Lipinski definition) is 1. The van der Waals surface area contributed by atoms with Crippen LogP contribution in [0.15, 0.2) is 0 Å². The summed E-state index contributed by atoms with van der Waals surface area (Å²) in [6.45, 7) is -1.30. The minimum atomic E-state index is -2.75. The van der Waals surface area contributed by atoms with Gasteiger partial charge in [-0.2, -0.15) is 8.78 Å². The van der Waals surface area contributed by atoms with E-state index in [0.717, 1.165) is 0 Å². The number of hydrogen-bond donors (Lipinski definition) is 0. The van der Waals surface area contributed by atoms with Crippen molar-refractivity contribution < 1.29 is 13.6 Å². The van der Waals surface area contributed by atoms with Crippen LogP contribution in [0, 0.1) is 0 Å². The van der Waals surface area contributed by atoms with E-state index in [4.69, 9.17) is 0 Å². The lowest BCUT2D eigenvalue weighted by molar-refractivity contribution is 0.00525. The van der Waals surface area contributed by atoms with Crippen LogP contribution >= 0.6 is 0 Å². The molecule has 0 saturated heterocycles. The van der Waals surface area contributed by atoms with E-state index in [0.29, 0.717) is 4.90 Å². The predicted octanol–water partition coefficient (Wildman–Crippen LogP) is 0.885. The summed E-state index contributed by atoms with van der Waals surface area (Å²) in [5.41, 5.74) is 0. The van der Waals surface area contributed by atoms with Crippen LogP contribution in [-0.2, 0) is 0 Å². The molecule has 5 heteroatoms. The van der Waals surface area contributed by atoms with Crippen molar-refractivity contribution in [2.24, 2.45) is 0 Å². The number of urea groups is 1.